The van der Waals surface area contributed by atoms with Crippen LogP contribution in [0, 0.1) is 0 Å². The van der Waals surface area contributed by atoms with Gasteiger partial charge in [0, 0.05) is 31.0 Å². The van der Waals surface area contributed by atoms with E-state index in [1.54, 1.807) is 36.7 Å². The third-order valence-corrected chi connectivity index (χ3v) is 5.91. The molecule has 8 heteroatoms. The summed E-state index contributed by atoms with van der Waals surface area (Å²) in [7, 11) is 0. The van der Waals surface area contributed by atoms with Crippen molar-refractivity contribution in [2.75, 3.05) is 39.4 Å². The van der Waals surface area contributed by atoms with E-state index in [0.29, 0.717) is 48.9 Å². The predicted octanol–water partition coefficient (Wildman–Crippen LogP) is 2.62. The number of ketones is 1. The van der Waals surface area contributed by atoms with Gasteiger partial charge < -0.3 is 24.4 Å². The Morgan fingerprint density at radius 2 is 1.91 bits per heavy atom. The zero-order valence-electron chi connectivity index (χ0n) is 18.3. The second-order valence-corrected chi connectivity index (χ2v) is 7.66. The van der Waals surface area contributed by atoms with E-state index in [2.05, 4.69) is 23.7 Å². The van der Waals surface area contributed by atoms with Gasteiger partial charge in [0.2, 0.25) is 0 Å². The highest BCUT2D eigenvalue weighted by Gasteiger charge is 2.46. The molecule has 32 heavy (non-hydrogen) atoms. The Morgan fingerprint density at radius 1 is 1.16 bits per heavy atom. The lowest BCUT2D eigenvalue weighted by Gasteiger charge is -2.28. The van der Waals surface area contributed by atoms with E-state index in [-0.39, 0.29) is 11.3 Å². The van der Waals surface area contributed by atoms with Crippen molar-refractivity contribution in [2.45, 2.75) is 19.9 Å². The number of aliphatic hydroxyl groups excluding tert-OH is 1. The minimum absolute atomic E-state index is 0.0548. The molecule has 2 aromatic rings. The molecule has 1 aromatic heterocycles. The minimum Gasteiger partial charge on any atom is -0.507 e. The molecule has 1 aromatic carbocycles. The lowest BCUT2D eigenvalue weighted by atomic mass is 9.96. The molecular formula is C24H27N3O5. The summed E-state index contributed by atoms with van der Waals surface area (Å²) in [5, 5.41) is 11.2. The molecule has 0 saturated carbocycles. The van der Waals surface area contributed by atoms with Crippen LogP contribution >= 0.6 is 0 Å². The van der Waals surface area contributed by atoms with E-state index in [4.69, 9.17) is 9.47 Å². The standard InChI is InChI=1S/C24H27N3O5/c1-3-26(4-2)10-11-27-21(17-6-5-9-25-15-17)20(23(29)24(27)30)22(28)16-7-8-18-19(14-16)32-13-12-31-18/h5-9,14-15,21,28H,3-4,10-13H2,1-2H3. The van der Waals surface area contributed by atoms with Crippen molar-refractivity contribution in [2.24, 2.45) is 0 Å². The molecular weight excluding hydrogens is 410 g/mol. The summed E-state index contributed by atoms with van der Waals surface area (Å²) in [5.41, 5.74) is 1.12. The number of nitrogens with zero attached hydrogens (tertiary/aromatic N) is 3. The van der Waals surface area contributed by atoms with Gasteiger partial charge in [-0.25, -0.2) is 0 Å². The first-order valence-corrected chi connectivity index (χ1v) is 10.9. The number of rotatable bonds is 7. The summed E-state index contributed by atoms with van der Waals surface area (Å²) in [5.74, 6) is -0.485. The van der Waals surface area contributed by atoms with Gasteiger partial charge >= 0.3 is 0 Å². The Labute approximate surface area is 187 Å². The molecule has 1 fully saturated rings. The molecule has 0 aliphatic carbocycles. The number of aliphatic hydroxyl groups is 1. The molecule has 4 rings (SSSR count). The maximum absolute atomic E-state index is 13.1. The van der Waals surface area contributed by atoms with Gasteiger partial charge in [0.1, 0.15) is 19.0 Å². The summed E-state index contributed by atoms with van der Waals surface area (Å²) in [6.45, 7) is 7.64. The van der Waals surface area contributed by atoms with E-state index >= 15 is 0 Å². The van der Waals surface area contributed by atoms with E-state index < -0.39 is 17.7 Å². The number of fused-ring (bicyclic) bond motifs is 1. The van der Waals surface area contributed by atoms with E-state index in [1.165, 1.54) is 4.90 Å². The van der Waals surface area contributed by atoms with Crippen molar-refractivity contribution < 1.29 is 24.2 Å². The number of likely N-dealkylation sites (N-methyl/N-ethyl adjacent to an activating group) is 1. The normalized spacial score (nSPS) is 19.6. The molecule has 1 unspecified atom stereocenters. The molecule has 1 amide bonds. The highest BCUT2D eigenvalue weighted by molar-refractivity contribution is 6.46. The lowest BCUT2D eigenvalue weighted by Crippen LogP contribution is -2.38. The largest absolute Gasteiger partial charge is 0.507 e. The Bertz CT molecular complexity index is 1030. The molecule has 1 N–H and O–H groups in total. The number of likely N-dealkylation sites (tertiary alicyclic amines) is 1. The molecule has 1 saturated heterocycles. The van der Waals surface area contributed by atoms with Gasteiger partial charge in [0.15, 0.2) is 11.5 Å². The van der Waals surface area contributed by atoms with Crippen LogP contribution in [0.15, 0.2) is 48.3 Å². The quantitative estimate of drug-likeness (QED) is 0.404. The van der Waals surface area contributed by atoms with Gasteiger partial charge in [-0.15, -0.1) is 0 Å². The molecule has 2 aliphatic rings. The van der Waals surface area contributed by atoms with Crippen LogP contribution < -0.4 is 9.47 Å². The summed E-state index contributed by atoms with van der Waals surface area (Å²) in [4.78, 5) is 34.0. The number of amides is 1. The van der Waals surface area contributed by atoms with Crippen molar-refractivity contribution >= 4 is 17.4 Å². The fourth-order valence-corrected chi connectivity index (χ4v) is 4.13. The zero-order chi connectivity index (χ0) is 22.7. The summed E-state index contributed by atoms with van der Waals surface area (Å²) in [6.07, 6.45) is 3.25. The lowest BCUT2D eigenvalue weighted by molar-refractivity contribution is -0.140. The topological polar surface area (TPSA) is 92.2 Å². The molecule has 8 nitrogen and oxygen atoms in total. The summed E-state index contributed by atoms with van der Waals surface area (Å²) in [6, 6.07) is 7.83. The summed E-state index contributed by atoms with van der Waals surface area (Å²) >= 11 is 0. The number of Topliss-reactive ketones (excluding diaryl/α,β-unsaturated/α-hetero) is 1. The molecule has 0 spiro atoms. The predicted molar refractivity (Wildman–Crippen MR) is 118 cm³/mol. The fraction of sp³-hybridized carbons (Fsp3) is 0.375. The molecule has 168 valence electrons. The van der Waals surface area contributed by atoms with Crippen LogP contribution in [0.5, 0.6) is 11.5 Å². The van der Waals surface area contributed by atoms with Crippen LogP contribution in [0.4, 0.5) is 0 Å². The number of pyridine rings is 1. The van der Waals surface area contributed by atoms with Gasteiger partial charge in [0.25, 0.3) is 11.7 Å². The minimum atomic E-state index is -0.715. The van der Waals surface area contributed by atoms with Gasteiger partial charge in [0.05, 0.1) is 11.6 Å². The molecule has 2 aliphatic heterocycles. The third-order valence-electron chi connectivity index (χ3n) is 5.91. The second kappa shape index (κ2) is 9.40. The second-order valence-electron chi connectivity index (χ2n) is 7.66. The summed E-state index contributed by atoms with van der Waals surface area (Å²) < 4.78 is 11.2. The number of carbonyl (C=O) groups is 2. The average Bonchev–Trinajstić information content (AvgIpc) is 3.09. The third kappa shape index (κ3) is 4.05. The zero-order valence-corrected chi connectivity index (χ0v) is 18.3. The first-order valence-electron chi connectivity index (χ1n) is 10.9. The van der Waals surface area contributed by atoms with E-state index in [9.17, 15) is 14.7 Å². The van der Waals surface area contributed by atoms with Gasteiger partial charge in [-0.3, -0.25) is 14.6 Å². The van der Waals surface area contributed by atoms with E-state index in [0.717, 1.165) is 13.1 Å². The van der Waals surface area contributed by atoms with Crippen molar-refractivity contribution in [1.82, 2.24) is 14.8 Å². The first-order chi connectivity index (χ1) is 15.5. The number of carbonyl (C=O) groups excluding carboxylic acids is 2. The van der Waals surface area contributed by atoms with Crippen LogP contribution in [0.25, 0.3) is 5.76 Å². The number of hydrogen-bond donors (Lipinski definition) is 1. The monoisotopic (exact) mass is 437 g/mol. The SMILES string of the molecule is CCN(CC)CCN1C(=O)C(=O)C(=C(O)c2ccc3c(c2)OCCO3)C1c1cccnc1. The average molecular weight is 437 g/mol. The highest BCUT2D eigenvalue weighted by atomic mass is 16.6. The molecule has 0 radical (unpaired) electrons. The van der Waals surface area contributed by atoms with Crippen LogP contribution in [0.1, 0.15) is 31.0 Å². The first kappa shape index (κ1) is 21.8. The van der Waals surface area contributed by atoms with Crippen molar-refractivity contribution in [3.8, 4) is 11.5 Å². The van der Waals surface area contributed by atoms with Crippen molar-refractivity contribution in [3.63, 3.8) is 0 Å². The van der Waals surface area contributed by atoms with E-state index in [1.807, 2.05) is 6.07 Å². The molecule has 0 bridgehead atoms. The van der Waals surface area contributed by atoms with Crippen molar-refractivity contribution in [1.29, 1.82) is 0 Å². The molecule has 1 atom stereocenters. The Balaban J connectivity index is 1.76. The van der Waals surface area contributed by atoms with Crippen molar-refractivity contribution in [3.05, 3.63) is 59.4 Å². The Morgan fingerprint density at radius 3 is 2.59 bits per heavy atom. The number of benzene rings is 1. The maximum Gasteiger partial charge on any atom is 0.295 e. The maximum atomic E-state index is 13.1. The van der Waals surface area contributed by atoms with Gasteiger partial charge in [-0.2, -0.15) is 0 Å². The van der Waals surface area contributed by atoms with Crippen LogP contribution in [-0.4, -0.2) is 71.0 Å². The molecule has 3 heterocycles. The fourth-order valence-electron chi connectivity index (χ4n) is 4.13. The number of ether oxygens (including phenoxy) is 2. The number of hydrogen-bond acceptors (Lipinski definition) is 7. The number of aromatic nitrogens is 1. The van der Waals surface area contributed by atoms with Crippen LogP contribution in [0.3, 0.4) is 0 Å². The van der Waals surface area contributed by atoms with Gasteiger partial charge in [-0.1, -0.05) is 19.9 Å². The highest BCUT2D eigenvalue weighted by Crippen LogP contribution is 2.40. The Hall–Kier alpha value is -3.39. The van der Waals surface area contributed by atoms with Crippen LogP contribution in [0.2, 0.25) is 0 Å². The van der Waals surface area contributed by atoms with Crippen LogP contribution in [-0.2, 0) is 9.59 Å². The Kier molecular flexibility index (Phi) is 6.41. The van der Waals surface area contributed by atoms with Gasteiger partial charge in [-0.05, 0) is 42.9 Å². The smallest absolute Gasteiger partial charge is 0.295 e.